The number of phenolic OH excluding ortho intramolecular Hbond substituents is 1. The topological polar surface area (TPSA) is 70.4 Å². The van der Waals surface area contributed by atoms with Crippen LogP contribution in [0.15, 0.2) is 47.6 Å². The molecule has 1 aromatic heterocycles. The van der Waals surface area contributed by atoms with Crippen LogP contribution >= 0.6 is 11.8 Å². The zero-order valence-electron chi connectivity index (χ0n) is 9.41. The van der Waals surface area contributed by atoms with Gasteiger partial charge >= 0.3 is 5.97 Å². The van der Waals surface area contributed by atoms with Gasteiger partial charge in [-0.05, 0) is 29.8 Å². The SMILES string of the molecule is O=C(O)c1ccc(SCc2cccc(O)c2)nc1. The highest BCUT2D eigenvalue weighted by Gasteiger charge is 2.03. The predicted molar refractivity (Wildman–Crippen MR) is 68.9 cm³/mol. The molecule has 92 valence electrons. The molecular weight excluding hydrogens is 250 g/mol. The highest BCUT2D eigenvalue weighted by Crippen LogP contribution is 2.22. The molecule has 0 bridgehead atoms. The minimum absolute atomic E-state index is 0.178. The number of carbonyl (C=O) groups is 1. The third-order valence-electron chi connectivity index (χ3n) is 2.28. The lowest BCUT2D eigenvalue weighted by Gasteiger charge is -2.02. The Morgan fingerprint density at radius 1 is 1.28 bits per heavy atom. The van der Waals surface area contributed by atoms with Crippen LogP contribution in [-0.2, 0) is 5.75 Å². The van der Waals surface area contributed by atoms with Crippen LogP contribution in [0.25, 0.3) is 0 Å². The number of aromatic nitrogens is 1. The molecule has 18 heavy (non-hydrogen) atoms. The van der Waals surface area contributed by atoms with Gasteiger partial charge in [0.2, 0.25) is 0 Å². The number of aromatic carboxylic acids is 1. The minimum atomic E-state index is -0.980. The van der Waals surface area contributed by atoms with E-state index in [2.05, 4.69) is 4.98 Å². The van der Waals surface area contributed by atoms with Crippen molar-refractivity contribution in [1.82, 2.24) is 4.98 Å². The van der Waals surface area contributed by atoms with Crippen LogP contribution in [0.5, 0.6) is 5.75 Å². The van der Waals surface area contributed by atoms with Gasteiger partial charge in [-0.2, -0.15) is 0 Å². The highest BCUT2D eigenvalue weighted by atomic mass is 32.2. The Morgan fingerprint density at radius 2 is 2.11 bits per heavy atom. The number of aromatic hydroxyl groups is 1. The largest absolute Gasteiger partial charge is 0.508 e. The van der Waals surface area contributed by atoms with E-state index in [-0.39, 0.29) is 11.3 Å². The summed E-state index contributed by atoms with van der Waals surface area (Å²) in [5, 5.41) is 18.8. The Labute approximate surface area is 108 Å². The molecule has 1 heterocycles. The van der Waals surface area contributed by atoms with Crippen molar-refractivity contribution in [3.05, 3.63) is 53.7 Å². The lowest BCUT2D eigenvalue weighted by Crippen LogP contribution is -1.96. The van der Waals surface area contributed by atoms with Gasteiger partial charge in [0.15, 0.2) is 0 Å². The first-order valence-corrected chi connectivity index (χ1v) is 6.24. The van der Waals surface area contributed by atoms with E-state index in [0.29, 0.717) is 5.75 Å². The number of benzene rings is 1. The van der Waals surface area contributed by atoms with E-state index in [9.17, 15) is 9.90 Å². The summed E-state index contributed by atoms with van der Waals surface area (Å²) in [4.78, 5) is 14.7. The lowest BCUT2D eigenvalue weighted by atomic mass is 10.2. The lowest BCUT2D eigenvalue weighted by molar-refractivity contribution is 0.0696. The van der Waals surface area contributed by atoms with Crippen LogP contribution in [0.4, 0.5) is 0 Å². The fourth-order valence-electron chi connectivity index (χ4n) is 1.40. The van der Waals surface area contributed by atoms with Gasteiger partial charge in [0.1, 0.15) is 5.75 Å². The Morgan fingerprint density at radius 3 is 2.72 bits per heavy atom. The number of carboxylic acids is 1. The van der Waals surface area contributed by atoms with Crippen LogP contribution in [0.2, 0.25) is 0 Å². The number of phenols is 1. The average Bonchev–Trinajstić information content (AvgIpc) is 2.37. The van der Waals surface area contributed by atoms with Gasteiger partial charge in [-0.3, -0.25) is 0 Å². The third kappa shape index (κ3) is 3.24. The summed E-state index contributed by atoms with van der Waals surface area (Å²) in [5.41, 5.74) is 1.17. The summed E-state index contributed by atoms with van der Waals surface area (Å²) < 4.78 is 0. The summed E-state index contributed by atoms with van der Waals surface area (Å²) in [6.45, 7) is 0. The fourth-order valence-corrected chi connectivity index (χ4v) is 2.18. The molecule has 0 aliphatic rings. The van der Waals surface area contributed by atoms with Crippen molar-refractivity contribution in [2.75, 3.05) is 0 Å². The number of nitrogens with zero attached hydrogens (tertiary/aromatic N) is 1. The maximum atomic E-state index is 10.7. The monoisotopic (exact) mass is 261 g/mol. The maximum absolute atomic E-state index is 10.7. The van der Waals surface area contributed by atoms with Gasteiger partial charge in [0.25, 0.3) is 0 Å². The molecule has 0 unspecified atom stereocenters. The summed E-state index contributed by atoms with van der Waals surface area (Å²) in [6.07, 6.45) is 1.34. The quantitative estimate of drug-likeness (QED) is 0.828. The molecule has 1 aromatic carbocycles. The fraction of sp³-hybridized carbons (Fsp3) is 0.0769. The van der Waals surface area contributed by atoms with Crippen molar-refractivity contribution < 1.29 is 15.0 Å². The second-order valence-corrected chi connectivity index (χ2v) is 4.64. The van der Waals surface area contributed by atoms with Crippen molar-refractivity contribution in [3.8, 4) is 5.75 Å². The van der Waals surface area contributed by atoms with E-state index < -0.39 is 5.97 Å². The van der Waals surface area contributed by atoms with Crippen molar-refractivity contribution in [2.24, 2.45) is 0 Å². The molecule has 0 amide bonds. The van der Waals surface area contributed by atoms with Crippen molar-refractivity contribution >= 4 is 17.7 Å². The van der Waals surface area contributed by atoms with Crippen molar-refractivity contribution in [1.29, 1.82) is 0 Å². The van der Waals surface area contributed by atoms with Crippen LogP contribution in [0, 0.1) is 0 Å². The van der Waals surface area contributed by atoms with E-state index in [4.69, 9.17) is 5.11 Å². The average molecular weight is 261 g/mol. The van der Waals surface area contributed by atoms with E-state index in [1.807, 2.05) is 6.07 Å². The zero-order chi connectivity index (χ0) is 13.0. The molecule has 0 radical (unpaired) electrons. The number of rotatable bonds is 4. The van der Waals surface area contributed by atoms with E-state index >= 15 is 0 Å². The zero-order valence-corrected chi connectivity index (χ0v) is 10.2. The molecule has 0 atom stereocenters. The van der Waals surface area contributed by atoms with Crippen molar-refractivity contribution in [3.63, 3.8) is 0 Å². The number of hydrogen-bond donors (Lipinski definition) is 2. The normalized spacial score (nSPS) is 10.2. The molecule has 0 aliphatic heterocycles. The summed E-state index contributed by atoms with van der Waals surface area (Å²) in [5.74, 6) is -0.0670. The molecule has 2 rings (SSSR count). The molecule has 0 saturated heterocycles. The van der Waals surface area contributed by atoms with Gasteiger partial charge in [0.05, 0.1) is 10.6 Å². The number of thioether (sulfide) groups is 1. The summed E-state index contributed by atoms with van der Waals surface area (Å²) >= 11 is 1.49. The molecule has 0 saturated carbocycles. The smallest absolute Gasteiger partial charge is 0.337 e. The minimum Gasteiger partial charge on any atom is -0.508 e. The number of carboxylic acid groups (broad SMARTS) is 1. The van der Waals surface area contributed by atoms with E-state index in [1.165, 1.54) is 24.0 Å². The second-order valence-electron chi connectivity index (χ2n) is 3.65. The molecule has 2 N–H and O–H groups in total. The third-order valence-corrected chi connectivity index (χ3v) is 3.30. The van der Waals surface area contributed by atoms with Crippen LogP contribution in [0.3, 0.4) is 0 Å². The second kappa shape index (κ2) is 5.55. The first-order valence-electron chi connectivity index (χ1n) is 5.25. The Kier molecular flexibility index (Phi) is 3.84. The van der Waals surface area contributed by atoms with Crippen LogP contribution < -0.4 is 0 Å². The van der Waals surface area contributed by atoms with Gasteiger partial charge in [-0.1, -0.05) is 12.1 Å². The molecule has 2 aromatic rings. The molecule has 0 aliphatic carbocycles. The first-order chi connectivity index (χ1) is 8.65. The Bertz CT molecular complexity index is 554. The van der Waals surface area contributed by atoms with Gasteiger partial charge < -0.3 is 10.2 Å². The number of pyridine rings is 1. The predicted octanol–water partition coefficient (Wildman–Crippen LogP) is 2.78. The molecule has 4 nitrogen and oxygen atoms in total. The van der Waals surface area contributed by atoms with Gasteiger partial charge in [-0.15, -0.1) is 11.8 Å². The van der Waals surface area contributed by atoms with E-state index in [1.54, 1.807) is 24.3 Å². The summed E-state index contributed by atoms with van der Waals surface area (Å²) in [7, 11) is 0. The molecular formula is C13H11NO3S. The molecule has 0 fully saturated rings. The van der Waals surface area contributed by atoms with E-state index in [0.717, 1.165) is 10.6 Å². The van der Waals surface area contributed by atoms with Crippen molar-refractivity contribution in [2.45, 2.75) is 10.8 Å². The van der Waals surface area contributed by atoms with Crippen LogP contribution in [0.1, 0.15) is 15.9 Å². The first kappa shape index (κ1) is 12.4. The Hall–Kier alpha value is -2.01. The highest BCUT2D eigenvalue weighted by molar-refractivity contribution is 7.98. The van der Waals surface area contributed by atoms with Gasteiger partial charge in [-0.25, -0.2) is 9.78 Å². The Balaban J connectivity index is 2.00. The van der Waals surface area contributed by atoms with Gasteiger partial charge in [0, 0.05) is 11.9 Å². The van der Waals surface area contributed by atoms with Crippen LogP contribution in [-0.4, -0.2) is 21.2 Å². The summed E-state index contributed by atoms with van der Waals surface area (Å²) in [6, 6.07) is 10.2. The maximum Gasteiger partial charge on any atom is 0.337 e. The number of hydrogen-bond acceptors (Lipinski definition) is 4. The molecule has 5 heteroatoms. The molecule has 0 spiro atoms. The standard InChI is InChI=1S/C13H11NO3S/c15-11-3-1-2-9(6-11)8-18-12-5-4-10(7-14-12)13(16)17/h1-7,15H,8H2,(H,16,17).